The average Bonchev–Trinajstić information content (AvgIpc) is 3.28. The number of Topliss-reactive ketones (excluding diaryl/α,β-unsaturated/α-hetero) is 1. The zero-order valence-electron chi connectivity index (χ0n) is 19.5. The smallest absolute Gasteiger partial charge is 0.302 e. The molecule has 1 aromatic carbocycles. The van der Waals surface area contributed by atoms with Gasteiger partial charge in [-0.1, -0.05) is 20.8 Å². The lowest BCUT2D eigenvalue weighted by molar-refractivity contribution is 0.0763. The Balaban J connectivity index is 1.48. The van der Waals surface area contributed by atoms with E-state index in [1.807, 2.05) is 0 Å². The van der Waals surface area contributed by atoms with E-state index in [0.717, 1.165) is 9.13 Å². The largest absolute Gasteiger partial charge is 0.338 e. The highest BCUT2D eigenvalue weighted by molar-refractivity contribution is 7.09. The summed E-state index contributed by atoms with van der Waals surface area (Å²) >= 11 is 1.29. The lowest BCUT2D eigenvalue weighted by atomic mass is 9.89. The Kier molecular flexibility index (Phi) is 6.69. The quantitative estimate of drug-likeness (QED) is 0.516. The molecule has 0 bridgehead atoms. The predicted octanol–water partition coefficient (Wildman–Crippen LogP) is 3.65. The summed E-state index contributed by atoms with van der Waals surface area (Å²) in [6.45, 7) is 7.17. The van der Waals surface area contributed by atoms with Crippen molar-refractivity contribution in [1.29, 1.82) is 0 Å². The molecule has 3 aromatic rings. The van der Waals surface area contributed by atoms with E-state index in [2.05, 4.69) is 4.90 Å². The fourth-order valence-corrected chi connectivity index (χ4v) is 5.11. The number of thiophene rings is 1. The number of likely N-dealkylation sites (tertiary alicyclic amines) is 1. The molecule has 0 N–H and O–H groups in total. The third-order valence-electron chi connectivity index (χ3n) is 6.35. The van der Waals surface area contributed by atoms with Crippen molar-refractivity contribution in [2.75, 3.05) is 19.6 Å². The summed E-state index contributed by atoms with van der Waals surface area (Å²) < 4.78 is 15.4. The highest BCUT2D eigenvalue weighted by Gasteiger charge is 2.29. The van der Waals surface area contributed by atoms with Gasteiger partial charge in [-0.3, -0.25) is 19.0 Å². The van der Waals surface area contributed by atoms with Gasteiger partial charge in [-0.15, -0.1) is 11.3 Å². The third-order valence-corrected chi connectivity index (χ3v) is 7.08. The molecule has 0 unspecified atom stereocenters. The Bertz CT molecular complexity index is 1340. The lowest BCUT2D eigenvalue weighted by Gasteiger charge is -2.31. The van der Waals surface area contributed by atoms with Crippen LogP contribution in [0.15, 0.2) is 44.6 Å². The molecule has 1 fully saturated rings. The number of aromatic nitrogens is 2. The first-order valence-corrected chi connectivity index (χ1v) is 12.3. The average molecular weight is 486 g/mol. The minimum atomic E-state index is -0.778. The van der Waals surface area contributed by atoms with Gasteiger partial charge in [0.1, 0.15) is 5.82 Å². The number of hydrogen-bond donors (Lipinski definition) is 0. The molecule has 0 atom stereocenters. The van der Waals surface area contributed by atoms with Crippen LogP contribution in [0.4, 0.5) is 4.39 Å². The van der Waals surface area contributed by atoms with Gasteiger partial charge in [0, 0.05) is 40.7 Å². The fraction of sp³-hybridized carbons (Fsp3) is 0.440. The van der Waals surface area contributed by atoms with Crippen molar-refractivity contribution in [2.24, 2.45) is 11.3 Å². The number of ketones is 1. The number of nitrogens with zero attached hydrogens (tertiary/aromatic N) is 3. The summed E-state index contributed by atoms with van der Waals surface area (Å²) in [6, 6.07) is 5.62. The maximum absolute atomic E-state index is 13.2. The molecule has 3 heterocycles. The zero-order chi connectivity index (χ0) is 24.6. The molecule has 0 amide bonds. The van der Waals surface area contributed by atoms with E-state index in [1.54, 1.807) is 31.5 Å². The zero-order valence-corrected chi connectivity index (χ0v) is 20.4. The molecule has 0 spiro atoms. The molecule has 0 aliphatic carbocycles. The molecule has 4 rings (SSSR count). The van der Waals surface area contributed by atoms with Crippen molar-refractivity contribution in [3.63, 3.8) is 0 Å². The lowest BCUT2D eigenvalue weighted by Crippen LogP contribution is -2.47. The van der Waals surface area contributed by atoms with Crippen molar-refractivity contribution < 1.29 is 14.0 Å². The number of carbonyl (C=O) groups is 2. The van der Waals surface area contributed by atoms with Gasteiger partial charge in [-0.05, 0) is 50.2 Å². The van der Waals surface area contributed by atoms with Crippen LogP contribution < -0.4 is 11.2 Å². The molecule has 0 saturated carbocycles. The Morgan fingerprint density at radius 3 is 2.29 bits per heavy atom. The van der Waals surface area contributed by atoms with Gasteiger partial charge in [0.05, 0.1) is 10.9 Å². The van der Waals surface area contributed by atoms with Crippen molar-refractivity contribution in [1.82, 2.24) is 14.0 Å². The highest BCUT2D eigenvalue weighted by Crippen LogP contribution is 2.23. The number of benzene rings is 1. The minimum Gasteiger partial charge on any atom is -0.302 e. The van der Waals surface area contributed by atoms with Crippen LogP contribution in [0.1, 0.15) is 48.8 Å². The van der Waals surface area contributed by atoms with Crippen LogP contribution in [0.2, 0.25) is 0 Å². The van der Waals surface area contributed by atoms with E-state index >= 15 is 0 Å². The van der Waals surface area contributed by atoms with Crippen molar-refractivity contribution in [3.8, 4) is 0 Å². The van der Waals surface area contributed by atoms with Crippen molar-refractivity contribution >= 4 is 33.9 Å². The number of carbonyl (C=O) groups excluding carboxylic acids is 2. The standard InChI is InChI=1S/C25H28FN3O4S/c1-25(2,3)23(32)29-20-15-34-14-19(20)22(31)28(24(29)33)13-12-27-10-8-17(9-11-27)21(30)16-4-6-18(26)7-5-16/h4-7,14-15,17H,8-13H2,1-3H3. The Morgan fingerprint density at radius 1 is 1.03 bits per heavy atom. The second-order valence-electron chi connectivity index (χ2n) is 9.79. The predicted molar refractivity (Wildman–Crippen MR) is 130 cm³/mol. The molecule has 0 radical (unpaired) electrons. The van der Waals surface area contributed by atoms with E-state index in [-0.39, 0.29) is 35.5 Å². The van der Waals surface area contributed by atoms with E-state index in [0.29, 0.717) is 48.9 Å². The minimum absolute atomic E-state index is 0.0161. The van der Waals surface area contributed by atoms with Gasteiger partial charge in [-0.2, -0.15) is 0 Å². The van der Waals surface area contributed by atoms with Gasteiger partial charge in [0.2, 0.25) is 5.91 Å². The number of hydrogen-bond acceptors (Lipinski definition) is 6. The Labute approximate surface area is 200 Å². The van der Waals surface area contributed by atoms with Crippen LogP contribution in [0.5, 0.6) is 0 Å². The summed E-state index contributed by atoms with van der Waals surface area (Å²) in [5.41, 5.74) is -0.909. The van der Waals surface area contributed by atoms with E-state index in [9.17, 15) is 23.6 Å². The Morgan fingerprint density at radius 2 is 1.68 bits per heavy atom. The number of halogens is 1. The fourth-order valence-electron chi connectivity index (χ4n) is 4.32. The van der Waals surface area contributed by atoms with Gasteiger partial charge in [-0.25, -0.2) is 13.8 Å². The van der Waals surface area contributed by atoms with E-state index < -0.39 is 11.1 Å². The number of rotatable bonds is 5. The molecular weight excluding hydrogens is 457 g/mol. The first kappa shape index (κ1) is 24.2. The summed E-state index contributed by atoms with van der Waals surface area (Å²) in [7, 11) is 0. The van der Waals surface area contributed by atoms with Crippen LogP contribution in [0.25, 0.3) is 10.9 Å². The second kappa shape index (κ2) is 9.38. The molecule has 9 heteroatoms. The summed E-state index contributed by atoms with van der Waals surface area (Å²) in [4.78, 5) is 54.0. The van der Waals surface area contributed by atoms with Crippen LogP contribution in [-0.2, 0) is 6.54 Å². The molecule has 1 aliphatic heterocycles. The normalized spacial score (nSPS) is 15.6. The van der Waals surface area contributed by atoms with Gasteiger partial charge in [0.25, 0.3) is 5.56 Å². The highest BCUT2D eigenvalue weighted by atomic mass is 32.1. The third kappa shape index (κ3) is 4.67. The van der Waals surface area contributed by atoms with Crippen LogP contribution in [-0.4, -0.2) is 45.4 Å². The maximum atomic E-state index is 13.2. The van der Waals surface area contributed by atoms with Crippen LogP contribution in [0.3, 0.4) is 0 Å². The number of fused-ring (bicyclic) bond motifs is 1. The van der Waals surface area contributed by atoms with Gasteiger partial charge in [0.15, 0.2) is 5.78 Å². The monoisotopic (exact) mass is 485 g/mol. The number of piperidine rings is 1. The first-order chi connectivity index (χ1) is 16.1. The van der Waals surface area contributed by atoms with E-state index in [4.69, 9.17) is 0 Å². The topological polar surface area (TPSA) is 81.4 Å². The summed E-state index contributed by atoms with van der Waals surface area (Å²) in [5, 5.41) is 3.70. The molecule has 34 heavy (non-hydrogen) atoms. The van der Waals surface area contributed by atoms with Crippen molar-refractivity contribution in [3.05, 3.63) is 67.2 Å². The summed E-state index contributed by atoms with van der Waals surface area (Å²) in [5.74, 6) is -0.837. The van der Waals surface area contributed by atoms with Crippen LogP contribution >= 0.6 is 11.3 Å². The van der Waals surface area contributed by atoms with Gasteiger partial charge < -0.3 is 4.90 Å². The SMILES string of the molecule is CC(C)(C)C(=O)n1c(=O)n(CCN2CCC(C(=O)c3ccc(F)cc3)CC2)c(=O)c2cscc21. The van der Waals surface area contributed by atoms with Crippen LogP contribution in [0, 0.1) is 17.2 Å². The molecule has 180 valence electrons. The summed E-state index contributed by atoms with van der Waals surface area (Å²) in [6.07, 6.45) is 1.31. The maximum Gasteiger partial charge on any atom is 0.338 e. The van der Waals surface area contributed by atoms with Crippen molar-refractivity contribution in [2.45, 2.75) is 40.2 Å². The molecule has 7 nitrogen and oxygen atoms in total. The van der Waals surface area contributed by atoms with Gasteiger partial charge >= 0.3 is 5.69 Å². The molecule has 1 saturated heterocycles. The first-order valence-electron chi connectivity index (χ1n) is 11.4. The molecular formula is C25H28FN3O4S. The van der Waals surface area contributed by atoms with E-state index in [1.165, 1.54) is 35.6 Å². The second-order valence-corrected chi connectivity index (χ2v) is 10.5. The molecule has 2 aromatic heterocycles. The molecule has 1 aliphatic rings. The Hall–Kier alpha value is -2.91.